The molecule has 276 valence electrons. The lowest BCUT2D eigenvalue weighted by atomic mass is 9.61. The number of fused-ring (bicyclic) bond motifs is 15. The molecule has 2 aliphatic rings. The molecule has 59 heavy (non-hydrogen) atoms. The van der Waals surface area contributed by atoms with Gasteiger partial charge in [-0.1, -0.05) is 133 Å². The van der Waals surface area contributed by atoms with Crippen molar-refractivity contribution in [2.24, 2.45) is 0 Å². The highest BCUT2D eigenvalue weighted by Gasteiger charge is 2.51. The number of rotatable bonds is 3. The van der Waals surface area contributed by atoms with Gasteiger partial charge in [0.25, 0.3) is 0 Å². The maximum atomic E-state index is 7.27. The van der Waals surface area contributed by atoms with Gasteiger partial charge in [0.2, 0.25) is 0 Å². The number of ether oxygens (including phenoxy) is 1. The van der Waals surface area contributed by atoms with Gasteiger partial charge in [-0.05, 0) is 90.0 Å². The van der Waals surface area contributed by atoms with E-state index in [4.69, 9.17) is 4.74 Å². The van der Waals surface area contributed by atoms with Gasteiger partial charge in [0.15, 0.2) is 0 Å². The van der Waals surface area contributed by atoms with Crippen molar-refractivity contribution in [3.05, 3.63) is 235 Å². The Morgan fingerprint density at radius 2 is 0.864 bits per heavy atom. The van der Waals surface area contributed by atoms with Crippen molar-refractivity contribution >= 4 is 60.7 Å². The molecule has 4 heteroatoms. The van der Waals surface area contributed by atoms with Crippen LogP contribution >= 0.6 is 0 Å². The Morgan fingerprint density at radius 3 is 1.59 bits per heavy atom. The van der Waals surface area contributed by atoms with Crippen LogP contribution in [-0.4, -0.2) is 9.13 Å². The fourth-order valence-corrected chi connectivity index (χ4v) is 10.5. The van der Waals surface area contributed by atoms with Crippen molar-refractivity contribution in [1.29, 1.82) is 0 Å². The highest BCUT2D eigenvalue weighted by molar-refractivity contribution is 6.15. The van der Waals surface area contributed by atoms with Crippen molar-refractivity contribution in [3.8, 4) is 22.9 Å². The highest BCUT2D eigenvalue weighted by Crippen LogP contribution is 2.64. The van der Waals surface area contributed by atoms with E-state index in [2.05, 4.69) is 226 Å². The lowest BCUT2D eigenvalue weighted by Gasteiger charge is -2.48. The standard InChI is InChI=1S/C55H35N3O/c1-3-17-36(18-4-1)56-46-26-12-7-21-39(46)41-35-38(31-33-48(41)56)58-47-27-13-8-22-40(47)53-51(58)34-32-45-54(53)59-52-30-16-11-25-44(52)55(45)42-23-9-14-28-49(42)57(37-19-5-2-6-20-37)50-29-15-10-24-43(50)55/h1-35H. The Kier molecular flexibility index (Phi) is 6.62. The van der Waals surface area contributed by atoms with Crippen molar-refractivity contribution in [1.82, 2.24) is 9.13 Å². The molecule has 1 spiro atoms. The zero-order chi connectivity index (χ0) is 38.7. The molecular weight excluding hydrogens is 719 g/mol. The van der Waals surface area contributed by atoms with Gasteiger partial charge in [0, 0.05) is 44.3 Å². The predicted molar refractivity (Wildman–Crippen MR) is 242 cm³/mol. The summed E-state index contributed by atoms with van der Waals surface area (Å²) >= 11 is 0. The fraction of sp³-hybridized carbons (Fsp3) is 0.0182. The van der Waals surface area contributed by atoms with Gasteiger partial charge < -0.3 is 18.8 Å². The summed E-state index contributed by atoms with van der Waals surface area (Å²) < 4.78 is 12.1. The Bertz CT molecular complexity index is 3440. The molecule has 0 aliphatic carbocycles. The largest absolute Gasteiger partial charge is 0.456 e. The number of hydrogen-bond donors (Lipinski definition) is 0. The van der Waals surface area contributed by atoms with E-state index in [9.17, 15) is 0 Å². The van der Waals surface area contributed by atoms with Crippen molar-refractivity contribution in [3.63, 3.8) is 0 Å². The minimum Gasteiger partial charge on any atom is -0.456 e. The van der Waals surface area contributed by atoms with E-state index in [1.807, 2.05) is 0 Å². The van der Waals surface area contributed by atoms with E-state index in [0.29, 0.717) is 0 Å². The SMILES string of the molecule is c1ccc(N2c3ccccc3C3(c4ccccc4Oc4c3ccc3c4c4ccccc4n3-c3ccc4c(c3)c3ccccc3n4-c3ccccc3)c3ccccc32)cc1. The molecule has 11 aromatic rings. The van der Waals surface area contributed by atoms with Crippen LogP contribution in [0.2, 0.25) is 0 Å². The first-order chi connectivity index (χ1) is 29.3. The van der Waals surface area contributed by atoms with E-state index >= 15 is 0 Å². The van der Waals surface area contributed by atoms with Crippen molar-refractivity contribution in [2.45, 2.75) is 5.41 Å². The molecule has 4 heterocycles. The number of anilines is 3. The Hall–Kier alpha value is -7.82. The molecule has 0 radical (unpaired) electrons. The summed E-state index contributed by atoms with van der Waals surface area (Å²) in [5.74, 6) is 1.77. The molecule has 0 bridgehead atoms. The summed E-state index contributed by atoms with van der Waals surface area (Å²) in [5.41, 5.74) is 14.4. The topological polar surface area (TPSA) is 22.3 Å². The molecule has 0 atom stereocenters. The normalized spacial score (nSPS) is 13.7. The molecule has 13 rings (SSSR count). The highest BCUT2D eigenvalue weighted by atomic mass is 16.5. The van der Waals surface area contributed by atoms with Crippen LogP contribution in [0, 0.1) is 0 Å². The molecule has 0 saturated carbocycles. The lowest BCUT2D eigenvalue weighted by molar-refractivity contribution is 0.439. The average Bonchev–Trinajstić information content (AvgIpc) is 3.82. The molecule has 0 saturated heterocycles. The van der Waals surface area contributed by atoms with Crippen LogP contribution in [0.4, 0.5) is 17.1 Å². The van der Waals surface area contributed by atoms with Crippen molar-refractivity contribution in [2.75, 3.05) is 4.90 Å². The molecule has 4 nitrogen and oxygen atoms in total. The third-order valence-corrected chi connectivity index (χ3v) is 12.7. The summed E-state index contributed by atoms with van der Waals surface area (Å²) in [6.07, 6.45) is 0. The number of para-hydroxylation sites is 7. The predicted octanol–water partition coefficient (Wildman–Crippen LogP) is 14.2. The third kappa shape index (κ3) is 4.27. The van der Waals surface area contributed by atoms with Crippen LogP contribution in [-0.2, 0) is 5.41 Å². The summed E-state index contributed by atoms with van der Waals surface area (Å²) in [6.45, 7) is 0. The smallest absolute Gasteiger partial charge is 0.142 e. The molecule has 9 aromatic carbocycles. The second-order valence-corrected chi connectivity index (χ2v) is 15.6. The first-order valence-corrected chi connectivity index (χ1v) is 20.3. The third-order valence-electron chi connectivity index (χ3n) is 12.7. The number of hydrogen-bond acceptors (Lipinski definition) is 2. The monoisotopic (exact) mass is 753 g/mol. The van der Waals surface area contributed by atoms with Crippen LogP contribution < -0.4 is 9.64 Å². The minimum atomic E-state index is -0.655. The molecule has 0 unspecified atom stereocenters. The first kappa shape index (κ1) is 32.3. The molecule has 0 amide bonds. The number of nitrogens with zero attached hydrogens (tertiary/aromatic N) is 3. The van der Waals surface area contributed by atoms with Crippen molar-refractivity contribution < 1.29 is 4.74 Å². The lowest BCUT2D eigenvalue weighted by Crippen LogP contribution is -2.39. The minimum absolute atomic E-state index is 0.655. The van der Waals surface area contributed by atoms with Gasteiger partial charge in [-0.2, -0.15) is 0 Å². The summed E-state index contributed by atoms with van der Waals surface area (Å²) in [7, 11) is 0. The molecule has 2 aromatic heterocycles. The Morgan fingerprint density at radius 1 is 0.339 bits per heavy atom. The summed E-state index contributed by atoms with van der Waals surface area (Å²) in [4.78, 5) is 2.42. The van der Waals surface area contributed by atoms with Crippen LogP contribution in [0.5, 0.6) is 11.5 Å². The summed E-state index contributed by atoms with van der Waals surface area (Å²) in [6, 6.07) is 77.0. The maximum absolute atomic E-state index is 7.27. The van der Waals surface area contributed by atoms with Gasteiger partial charge in [-0.25, -0.2) is 0 Å². The average molecular weight is 754 g/mol. The summed E-state index contributed by atoms with van der Waals surface area (Å²) in [5, 5.41) is 4.71. The van der Waals surface area contributed by atoms with Crippen LogP contribution in [0.3, 0.4) is 0 Å². The van der Waals surface area contributed by atoms with E-state index in [-0.39, 0.29) is 0 Å². The molecule has 0 fully saturated rings. The zero-order valence-corrected chi connectivity index (χ0v) is 32.0. The van der Waals surface area contributed by atoms with Gasteiger partial charge >= 0.3 is 0 Å². The molecule has 2 aliphatic heterocycles. The van der Waals surface area contributed by atoms with E-state index in [0.717, 1.165) is 72.9 Å². The van der Waals surface area contributed by atoms with E-state index in [1.165, 1.54) is 32.9 Å². The number of benzene rings is 9. The Labute approximate surface area is 341 Å². The zero-order valence-electron chi connectivity index (χ0n) is 32.0. The van der Waals surface area contributed by atoms with Gasteiger partial charge in [0.1, 0.15) is 11.5 Å². The van der Waals surface area contributed by atoms with Gasteiger partial charge in [-0.3, -0.25) is 0 Å². The van der Waals surface area contributed by atoms with E-state index in [1.54, 1.807) is 0 Å². The molecule has 0 N–H and O–H groups in total. The second-order valence-electron chi connectivity index (χ2n) is 15.6. The van der Waals surface area contributed by atoms with E-state index < -0.39 is 5.41 Å². The molecular formula is C55H35N3O. The van der Waals surface area contributed by atoms with Crippen LogP contribution in [0.15, 0.2) is 212 Å². The number of aromatic nitrogens is 2. The van der Waals surface area contributed by atoms with Crippen LogP contribution in [0.1, 0.15) is 22.3 Å². The maximum Gasteiger partial charge on any atom is 0.142 e. The fourth-order valence-electron chi connectivity index (χ4n) is 10.5. The Balaban J connectivity index is 1.11. The quantitative estimate of drug-likeness (QED) is 0.179. The first-order valence-electron chi connectivity index (χ1n) is 20.3. The van der Waals surface area contributed by atoms with Gasteiger partial charge in [-0.15, -0.1) is 0 Å². The second kappa shape index (κ2) is 12.1. The van der Waals surface area contributed by atoms with Crippen LogP contribution in [0.25, 0.3) is 55.0 Å². The van der Waals surface area contributed by atoms with Gasteiger partial charge in [0.05, 0.1) is 44.2 Å².